The number of anilines is 1. The molecule has 0 fully saturated rings. The van der Waals surface area contributed by atoms with Crippen LogP contribution < -0.4 is 23.7 Å². The second-order valence-corrected chi connectivity index (χ2v) is 7.05. The zero-order chi connectivity index (χ0) is 20.7. The molecule has 148 valence electrons. The summed E-state index contributed by atoms with van der Waals surface area (Å²) in [6, 6.07) is 11.1. The summed E-state index contributed by atoms with van der Waals surface area (Å²) in [6.07, 6.45) is 1.18. The Balaban J connectivity index is 2.48. The van der Waals surface area contributed by atoms with Crippen LogP contribution in [0.4, 0.5) is 5.69 Å². The second kappa shape index (κ2) is 9.01. The maximum atomic E-state index is 12.7. The van der Waals surface area contributed by atoms with Crippen LogP contribution in [0.25, 0.3) is 6.08 Å². The third kappa shape index (κ3) is 4.66. The first-order valence-corrected chi connectivity index (χ1v) is 9.45. The summed E-state index contributed by atoms with van der Waals surface area (Å²) in [6.45, 7) is 0. The van der Waals surface area contributed by atoms with Gasteiger partial charge in [-0.3, -0.25) is 4.72 Å². The summed E-state index contributed by atoms with van der Waals surface area (Å²) < 4.78 is 48.5. The molecule has 0 amide bonds. The highest BCUT2D eigenvalue weighted by Gasteiger charge is 2.21. The quantitative estimate of drug-likeness (QED) is 0.674. The van der Waals surface area contributed by atoms with Crippen molar-refractivity contribution in [2.45, 2.75) is 0 Å². The molecule has 0 saturated carbocycles. The summed E-state index contributed by atoms with van der Waals surface area (Å²) in [7, 11) is 1.68. The molecule has 1 N–H and O–H groups in total. The summed E-state index contributed by atoms with van der Waals surface area (Å²) in [4.78, 5) is -0.509. The number of methoxy groups -OCH3 is 4. The van der Waals surface area contributed by atoms with E-state index in [4.69, 9.17) is 18.9 Å². The van der Waals surface area contributed by atoms with Crippen LogP contribution in [0.2, 0.25) is 0 Å². The Morgan fingerprint density at radius 3 is 1.89 bits per heavy atom. The standard InChI is InChI=1S/C19H20N2O6S/c1-24-14-7-5-13(6-8-14)21-28(22,23)16(12-20)11-17-18(26-3)9-15(25-2)10-19(17)27-4/h5-11,21H,1-4H3. The van der Waals surface area contributed by atoms with E-state index in [2.05, 4.69) is 4.72 Å². The van der Waals surface area contributed by atoms with Crippen molar-refractivity contribution in [3.8, 4) is 29.1 Å². The SMILES string of the molecule is COc1ccc(NS(=O)(=O)C(C#N)=Cc2c(OC)cc(OC)cc2OC)cc1. The van der Waals surface area contributed by atoms with E-state index in [0.29, 0.717) is 28.6 Å². The fourth-order valence-electron chi connectivity index (χ4n) is 2.35. The topological polar surface area (TPSA) is 107 Å². The number of nitriles is 1. The smallest absolute Gasteiger partial charge is 0.272 e. The summed E-state index contributed by atoms with van der Waals surface area (Å²) in [5, 5.41) is 9.45. The zero-order valence-electron chi connectivity index (χ0n) is 15.8. The monoisotopic (exact) mass is 404 g/mol. The number of benzene rings is 2. The number of rotatable bonds is 8. The first-order valence-electron chi connectivity index (χ1n) is 7.97. The molecule has 0 radical (unpaired) electrons. The van der Waals surface area contributed by atoms with Crippen LogP contribution in [0.5, 0.6) is 23.0 Å². The maximum Gasteiger partial charge on any atom is 0.272 e. The Bertz CT molecular complexity index is 983. The predicted molar refractivity (Wildman–Crippen MR) is 105 cm³/mol. The molecule has 0 atom stereocenters. The molecule has 2 aromatic carbocycles. The third-order valence-electron chi connectivity index (χ3n) is 3.77. The molecule has 0 aromatic heterocycles. The number of nitrogens with zero attached hydrogens (tertiary/aromatic N) is 1. The zero-order valence-corrected chi connectivity index (χ0v) is 16.7. The van der Waals surface area contributed by atoms with E-state index in [1.807, 2.05) is 0 Å². The highest BCUT2D eigenvalue weighted by atomic mass is 32.2. The summed E-state index contributed by atoms with van der Waals surface area (Å²) in [5.41, 5.74) is 0.582. The van der Waals surface area contributed by atoms with E-state index < -0.39 is 14.9 Å². The van der Waals surface area contributed by atoms with Gasteiger partial charge in [0.25, 0.3) is 10.0 Å². The van der Waals surface area contributed by atoms with Crippen LogP contribution in [0.15, 0.2) is 41.3 Å². The van der Waals surface area contributed by atoms with Gasteiger partial charge in [-0.05, 0) is 30.3 Å². The van der Waals surface area contributed by atoms with Crippen molar-refractivity contribution in [1.82, 2.24) is 0 Å². The van der Waals surface area contributed by atoms with Gasteiger partial charge in [0.15, 0.2) is 4.91 Å². The van der Waals surface area contributed by atoms with Crippen LogP contribution in [-0.2, 0) is 10.0 Å². The van der Waals surface area contributed by atoms with Gasteiger partial charge in [0, 0.05) is 17.8 Å². The number of nitrogens with one attached hydrogen (secondary N) is 1. The first-order chi connectivity index (χ1) is 13.4. The molecule has 0 aliphatic carbocycles. The van der Waals surface area contributed by atoms with Gasteiger partial charge in [-0.1, -0.05) is 0 Å². The lowest BCUT2D eigenvalue weighted by atomic mass is 10.1. The normalized spacial score (nSPS) is 11.3. The molecule has 0 heterocycles. The van der Waals surface area contributed by atoms with Gasteiger partial charge < -0.3 is 18.9 Å². The molecule has 0 aliphatic heterocycles. The van der Waals surface area contributed by atoms with Crippen molar-refractivity contribution in [2.75, 3.05) is 33.2 Å². The average molecular weight is 404 g/mol. The van der Waals surface area contributed by atoms with Crippen molar-refractivity contribution < 1.29 is 27.4 Å². The van der Waals surface area contributed by atoms with Crippen LogP contribution in [0, 0.1) is 11.3 Å². The van der Waals surface area contributed by atoms with Gasteiger partial charge in [-0.2, -0.15) is 5.26 Å². The molecule has 28 heavy (non-hydrogen) atoms. The molecular weight excluding hydrogens is 384 g/mol. The van der Waals surface area contributed by atoms with Crippen molar-refractivity contribution in [1.29, 1.82) is 5.26 Å². The molecule has 0 unspecified atom stereocenters. The van der Waals surface area contributed by atoms with E-state index in [1.54, 1.807) is 30.3 Å². The van der Waals surface area contributed by atoms with E-state index in [9.17, 15) is 13.7 Å². The van der Waals surface area contributed by atoms with E-state index in [-0.39, 0.29) is 5.69 Å². The molecule has 0 bridgehead atoms. The number of hydrogen-bond acceptors (Lipinski definition) is 7. The van der Waals surface area contributed by atoms with Crippen LogP contribution in [-0.4, -0.2) is 36.9 Å². The fraction of sp³-hybridized carbons (Fsp3) is 0.211. The lowest BCUT2D eigenvalue weighted by molar-refractivity contribution is 0.374. The van der Waals surface area contributed by atoms with E-state index in [0.717, 1.165) is 0 Å². The van der Waals surface area contributed by atoms with Crippen molar-refractivity contribution in [3.05, 3.63) is 46.9 Å². The molecule has 0 saturated heterocycles. The largest absolute Gasteiger partial charge is 0.497 e. The first kappa shape index (κ1) is 20.9. The molecule has 2 aromatic rings. The van der Waals surface area contributed by atoms with Gasteiger partial charge in [0.2, 0.25) is 0 Å². The van der Waals surface area contributed by atoms with Gasteiger partial charge in [-0.25, -0.2) is 8.42 Å². The van der Waals surface area contributed by atoms with Gasteiger partial charge in [0.1, 0.15) is 29.1 Å². The molecule has 0 spiro atoms. The lowest BCUT2D eigenvalue weighted by Crippen LogP contribution is -2.14. The lowest BCUT2D eigenvalue weighted by Gasteiger charge is -2.13. The Labute approximate surface area is 164 Å². The summed E-state index contributed by atoms with van der Waals surface area (Å²) >= 11 is 0. The van der Waals surface area contributed by atoms with Crippen molar-refractivity contribution in [3.63, 3.8) is 0 Å². The Morgan fingerprint density at radius 1 is 0.929 bits per heavy atom. The molecule has 2 rings (SSSR count). The molecule has 0 aliphatic rings. The average Bonchev–Trinajstić information content (AvgIpc) is 2.71. The minimum absolute atomic E-state index is 0.288. The second-order valence-electron chi connectivity index (χ2n) is 5.40. The third-order valence-corrected chi connectivity index (χ3v) is 5.06. The van der Waals surface area contributed by atoms with Gasteiger partial charge in [-0.15, -0.1) is 0 Å². The minimum Gasteiger partial charge on any atom is -0.497 e. The van der Waals surface area contributed by atoms with E-state index in [1.165, 1.54) is 46.6 Å². The number of ether oxygens (including phenoxy) is 4. The predicted octanol–water partition coefficient (Wildman–Crippen LogP) is 3.03. The number of hydrogen-bond donors (Lipinski definition) is 1. The van der Waals surface area contributed by atoms with Gasteiger partial charge in [0.05, 0.1) is 34.0 Å². The Kier molecular flexibility index (Phi) is 6.74. The van der Waals surface area contributed by atoms with Gasteiger partial charge >= 0.3 is 0 Å². The molecular formula is C19H20N2O6S. The minimum atomic E-state index is -4.14. The maximum absolute atomic E-state index is 12.7. The molecule has 8 nitrogen and oxygen atoms in total. The Morgan fingerprint density at radius 2 is 1.46 bits per heavy atom. The highest BCUT2D eigenvalue weighted by Crippen LogP contribution is 2.36. The number of allylic oxidation sites excluding steroid dienone is 1. The fourth-order valence-corrected chi connectivity index (χ4v) is 3.29. The number of sulfonamides is 1. The van der Waals surface area contributed by atoms with Crippen molar-refractivity contribution in [2.24, 2.45) is 0 Å². The highest BCUT2D eigenvalue weighted by molar-refractivity contribution is 7.96. The van der Waals surface area contributed by atoms with Crippen LogP contribution in [0.3, 0.4) is 0 Å². The van der Waals surface area contributed by atoms with Crippen LogP contribution >= 0.6 is 0 Å². The van der Waals surface area contributed by atoms with Crippen molar-refractivity contribution >= 4 is 21.8 Å². The molecule has 9 heteroatoms. The summed E-state index contributed by atoms with van der Waals surface area (Å²) in [5.74, 6) is 1.63. The van der Waals surface area contributed by atoms with E-state index >= 15 is 0 Å². The van der Waals surface area contributed by atoms with Crippen LogP contribution in [0.1, 0.15) is 5.56 Å². The Hall–Kier alpha value is -3.38.